The monoisotopic (exact) mass is 946 g/mol. The minimum atomic E-state index is -2.18. The van der Waals surface area contributed by atoms with Gasteiger partial charge in [-0.1, -0.05) is 69.7 Å². The number of fused-ring (bicyclic) bond motifs is 14. The predicted octanol–water partition coefficient (Wildman–Crippen LogP) is 6.23. The summed E-state index contributed by atoms with van der Waals surface area (Å²) >= 11 is 6.40. The molecule has 3 N–H and O–H groups in total. The summed E-state index contributed by atoms with van der Waals surface area (Å²) in [7, 11) is 1.42. The molecule has 4 heterocycles. The zero-order chi connectivity index (χ0) is 49.4. The summed E-state index contributed by atoms with van der Waals surface area (Å²) < 4.78 is 35.9. The molecule has 2 aromatic carbocycles. The van der Waals surface area contributed by atoms with Crippen molar-refractivity contribution in [3.05, 3.63) is 105 Å². The first kappa shape index (κ1) is 50.8. The van der Waals surface area contributed by atoms with Crippen molar-refractivity contribution in [3.63, 3.8) is 0 Å². The molecular weight excluding hydrogens is 888 g/mol. The number of ether oxygens (including phenoxy) is 6. The van der Waals surface area contributed by atoms with Crippen LogP contribution in [0.3, 0.4) is 0 Å². The van der Waals surface area contributed by atoms with Crippen molar-refractivity contribution < 1.29 is 67.4 Å². The highest BCUT2D eigenvalue weighted by Crippen LogP contribution is 2.50. The first-order valence-electron chi connectivity index (χ1n) is 22.2. The second kappa shape index (κ2) is 20.3. The number of nitrogens with one attached hydrogen (secondary N) is 1. The smallest absolute Gasteiger partial charge is 0.345 e. The normalized spacial score (nSPS) is 30.7. The molecule has 5 bridgehead atoms. The molecule has 1 amide bonds. The molecule has 16 nitrogen and oxygen atoms in total. The third kappa shape index (κ3) is 10.00. The van der Waals surface area contributed by atoms with E-state index in [1.165, 1.54) is 59.1 Å². The Hall–Kier alpha value is -5.65. The van der Waals surface area contributed by atoms with Crippen LogP contribution in [0.15, 0.2) is 71.8 Å². The van der Waals surface area contributed by atoms with E-state index in [1.54, 1.807) is 70.7 Å². The van der Waals surface area contributed by atoms with Crippen molar-refractivity contribution in [2.75, 3.05) is 20.2 Å². The molecular formula is C50H59ClN2O14. The van der Waals surface area contributed by atoms with Gasteiger partial charge in [-0.15, -0.1) is 0 Å². The molecule has 1 aliphatic carbocycles. The Labute approximate surface area is 394 Å². The van der Waals surface area contributed by atoms with Crippen LogP contribution in [-0.4, -0.2) is 113 Å². The maximum Gasteiger partial charge on any atom is 0.345 e. The van der Waals surface area contributed by atoms with Crippen LogP contribution in [0, 0.1) is 30.6 Å². The molecule has 67 heavy (non-hydrogen) atoms. The molecule has 11 atom stereocenters. The highest BCUT2D eigenvalue weighted by atomic mass is 35.5. The second-order valence-electron chi connectivity index (χ2n) is 18.0. The van der Waals surface area contributed by atoms with Crippen LogP contribution < -0.4 is 14.8 Å². The number of methoxy groups -OCH3 is 1. The Morgan fingerprint density at radius 1 is 0.881 bits per heavy atom. The van der Waals surface area contributed by atoms with Gasteiger partial charge in [0.05, 0.1) is 64.1 Å². The van der Waals surface area contributed by atoms with E-state index in [4.69, 9.17) is 40.0 Å². The molecule has 360 valence electrons. The van der Waals surface area contributed by atoms with Crippen molar-refractivity contribution in [1.29, 1.82) is 0 Å². The van der Waals surface area contributed by atoms with E-state index in [-0.39, 0.29) is 51.8 Å². The lowest BCUT2D eigenvalue weighted by Gasteiger charge is -2.39. The summed E-state index contributed by atoms with van der Waals surface area (Å²) in [6, 6.07) is 6.06. The Morgan fingerprint density at radius 2 is 1.54 bits per heavy atom. The summed E-state index contributed by atoms with van der Waals surface area (Å²) in [6.45, 7) is 16.2. The number of rotatable bonds is 5. The number of esters is 2. The zero-order valence-electron chi connectivity index (χ0n) is 39.5. The van der Waals surface area contributed by atoms with Crippen LogP contribution >= 0.6 is 11.6 Å². The number of benzene rings is 2. The molecule has 0 saturated carbocycles. The Bertz CT molecular complexity index is 2470. The van der Waals surface area contributed by atoms with Crippen LogP contribution in [0.25, 0.3) is 0 Å². The van der Waals surface area contributed by atoms with Gasteiger partial charge in [0, 0.05) is 68.9 Å². The number of hydrogen-bond donors (Lipinski definition) is 3. The fraction of sp³-hybridized carbons (Fsp3) is 0.480. The number of hydrogen-bond acceptors (Lipinski definition) is 15. The van der Waals surface area contributed by atoms with Crippen molar-refractivity contribution >= 4 is 46.8 Å². The third-order valence-corrected chi connectivity index (χ3v) is 13.3. The highest BCUT2D eigenvalue weighted by Gasteiger charge is 2.54. The topological polar surface area (TPSA) is 214 Å². The molecule has 2 aromatic rings. The standard InChI is InChI=1S/C50H59ClN2O14/c1-23-15-14-16-24(2)48(60)52-38-39(53-21-25(3)64-26(4)22-53)43(58)35-36(42(38)57)45(66-49(61)32-17-12-13-18-33(32)51)30(8)46-37(35)47(59)50(10,67-46)63-20-19-34(62-11)27(5)44(65-31(9)54)29(7)41(56)28(6)40(23)55/h12-20,23,25-29,34,40-41,44,55-56H,21-22H2,1-11H3,(H,52,60). The lowest BCUT2D eigenvalue weighted by Crippen LogP contribution is -2.49. The summed E-state index contributed by atoms with van der Waals surface area (Å²) in [5.41, 5.74) is -1.84. The Kier molecular flexibility index (Phi) is 15.4. The second-order valence-corrected chi connectivity index (χ2v) is 18.4. The first-order chi connectivity index (χ1) is 31.5. The van der Waals surface area contributed by atoms with E-state index in [2.05, 4.69) is 5.32 Å². The zero-order valence-corrected chi connectivity index (χ0v) is 40.3. The van der Waals surface area contributed by atoms with Crippen molar-refractivity contribution in [2.45, 2.75) is 112 Å². The number of halogens is 1. The van der Waals surface area contributed by atoms with Gasteiger partial charge < -0.3 is 48.9 Å². The number of ketones is 3. The number of aliphatic hydroxyl groups is 2. The molecule has 11 unspecified atom stereocenters. The lowest BCUT2D eigenvalue weighted by atomic mass is 9.78. The van der Waals surface area contributed by atoms with E-state index in [1.807, 2.05) is 0 Å². The van der Waals surface area contributed by atoms with Gasteiger partial charge in [-0.2, -0.15) is 0 Å². The van der Waals surface area contributed by atoms with Crippen molar-refractivity contribution in [2.24, 2.45) is 23.7 Å². The molecule has 7 rings (SSSR count). The molecule has 0 radical (unpaired) electrons. The largest absolute Gasteiger partial charge is 0.462 e. The maximum atomic E-state index is 15.4. The number of aliphatic hydroxyl groups excluding tert-OH is 2. The fourth-order valence-corrected chi connectivity index (χ4v) is 9.44. The number of carbonyl (C=O) groups excluding carboxylic acids is 6. The van der Waals surface area contributed by atoms with Crippen molar-refractivity contribution in [1.82, 2.24) is 10.2 Å². The van der Waals surface area contributed by atoms with E-state index >= 15 is 9.59 Å². The lowest BCUT2D eigenvalue weighted by molar-refractivity contribution is -0.160. The maximum absolute atomic E-state index is 15.4. The van der Waals surface area contributed by atoms with Gasteiger partial charge in [0.1, 0.15) is 29.0 Å². The number of amides is 1. The van der Waals surface area contributed by atoms with E-state index in [9.17, 15) is 29.4 Å². The number of nitrogens with zero attached hydrogens (tertiary/aromatic N) is 1. The quantitative estimate of drug-likeness (QED) is 0.224. The van der Waals surface area contributed by atoms with Gasteiger partial charge in [-0.3, -0.25) is 24.0 Å². The third-order valence-electron chi connectivity index (χ3n) is 12.9. The van der Waals surface area contributed by atoms with E-state index in [0.717, 1.165) is 6.26 Å². The highest BCUT2D eigenvalue weighted by molar-refractivity contribution is 6.34. The molecule has 0 spiro atoms. The summed E-state index contributed by atoms with van der Waals surface area (Å²) in [5.74, 6) is -10.5. The van der Waals surface area contributed by atoms with Crippen molar-refractivity contribution in [3.8, 4) is 11.5 Å². The summed E-state index contributed by atoms with van der Waals surface area (Å²) in [4.78, 5) is 87.7. The predicted molar refractivity (Wildman–Crippen MR) is 245 cm³/mol. The molecule has 0 aromatic heterocycles. The van der Waals surface area contributed by atoms with E-state index in [0.29, 0.717) is 0 Å². The van der Waals surface area contributed by atoms with Gasteiger partial charge >= 0.3 is 17.7 Å². The van der Waals surface area contributed by atoms with Gasteiger partial charge in [-0.05, 0) is 45.9 Å². The minimum absolute atomic E-state index is 0.0138. The van der Waals surface area contributed by atoms with Crippen LogP contribution in [0.1, 0.15) is 109 Å². The molecule has 17 heteroatoms. The number of allylic oxidation sites excluding steroid dienone is 4. The van der Waals surface area contributed by atoms with Crippen LogP contribution in [0.2, 0.25) is 5.02 Å². The molecule has 1 saturated heterocycles. The van der Waals surface area contributed by atoms with Crippen LogP contribution in [0.5, 0.6) is 11.5 Å². The first-order valence-corrected chi connectivity index (χ1v) is 22.6. The average molecular weight is 947 g/mol. The molecule has 5 aliphatic rings. The number of morpholine rings is 1. The Balaban J connectivity index is 1.58. The number of carbonyl (C=O) groups is 6. The molecule has 1 fully saturated rings. The fourth-order valence-electron chi connectivity index (χ4n) is 9.23. The van der Waals surface area contributed by atoms with Gasteiger partial charge in [0.25, 0.3) is 11.7 Å². The Morgan fingerprint density at radius 3 is 2.16 bits per heavy atom. The summed E-state index contributed by atoms with van der Waals surface area (Å²) in [5, 5.41) is 25.8. The van der Waals surface area contributed by atoms with Gasteiger partial charge in [0.2, 0.25) is 11.6 Å². The molecule has 4 aliphatic heterocycles. The summed E-state index contributed by atoms with van der Waals surface area (Å²) in [6.07, 6.45) is 2.36. The SMILES string of the molecule is COC1C=COC2(C)Oc3c(C)c(OC(=O)c4ccccc4Cl)c4c(c3C2=O)C(=O)C(N2CC(C)OC(C)C2)=C(NC(=O)C(C)=CC=CC(C)C(O)C(C)C(O)C(C)C(OC(C)=O)C1C)C4=O. The minimum Gasteiger partial charge on any atom is -0.462 e. The van der Waals surface area contributed by atoms with Gasteiger partial charge in [-0.25, -0.2) is 4.79 Å². The number of Topliss-reactive ketones (excluding diaryl/α,β-unsaturated/α-hetero) is 3. The van der Waals surface area contributed by atoms with E-state index < -0.39 is 124 Å². The van der Waals surface area contributed by atoms with Crippen LogP contribution in [-0.2, 0) is 28.5 Å². The van der Waals surface area contributed by atoms with Gasteiger partial charge in [0.15, 0.2) is 0 Å². The van der Waals surface area contributed by atoms with Crippen LogP contribution in [0.4, 0.5) is 0 Å². The average Bonchev–Trinajstić information content (AvgIpc) is 3.54.